The van der Waals surface area contributed by atoms with Crippen molar-refractivity contribution < 1.29 is 13.2 Å². The molecule has 0 aliphatic carbocycles. The summed E-state index contributed by atoms with van der Waals surface area (Å²) in [6, 6.07) is 19.1. The van der Waals surface area contributed by atoms with E-state index in [9.17, 15) is 8.42 Å². The van der Waals surface area contributed by atoms with Gasteiger partial charge in [-0.2, -0.15) is 4.31 Å². The molecule has 0 radical (unpaired) electrons. The summed E-state index contributed by atoms with van der Waals surface area (Å²) >= 11 is 12.3. The number of fused-ring (bicyclic) bond motifs is 3. The van der Waals surface area contributed by atoms with Crippen LogP contribution in [-0.4, -0.2) is 24.3 Å². The SMILES string of the molecule is O=S(=O)(c1ccc(Oc2ccccc2Cl)cc1)N1CCc2[nH]c3ccc(Cl)cc3c2C1. The molecular formula is C23H18Cl2N2O3S. The molecule has 5 nitrogen and oxygen atoms in total. The number of rotatable bonds is 4. The first kappa shape index (κ1) is 20.4. The third-order valence-corrected chi connectivity index (χ3v) is 7.83. The molecule has 5 rings (SSSR count). The molecule has 1 aliphatic rings. The van der Waals surface area contributed by atoms with Gasteiger partial charge < -0.3 is 9.72 Å². The second-order valence-corrected chi connectivity index (χ2v) is 10.1. The summed E-state index contributed by atoms with van der Waals surface area (Å²) in [7, 11) is -3.65. The van der Waals surface area contributed by atoms with E-state index in [2.05, 4.69) is 4.98 Å². The molecule has 1 N–H and O–H groups in total. The van der Waals surface area contributed by atoms with Gasteiger partial charge in [0.05, 0.1) is 9.92 Å². The molecule has 158 valence electrons. The zero-order valence-corrected chi connectivity index (χ0v) is 18.6. The Bertz CT molecular complexity index is 1380. The number of halogens is 2. The molecule has 0 amide bonds. The van der Waals surface area contributed by atoms with E-state index in [1.165, 1.54) is 4.31 Å². The van der Waals surface area contributed by atoms with Gasteiger partial charge in [0.15, 0.2) is 0 Å². The quantitative estimate of drug-likeness (QED) is 0.395. The highest BCUT2D eigenvalue weighted by Gasteiger charge is 2.30. The second-order valence-electron chi connectivity index (χ2n) is 7.36. The van der Waals surface area contributed by atoms with Crippen LogP contribution in [0.3, 0.4) is 0 Å². The Morgan fingerprint density at radius 1 is 0.968 bits per heavy atom. The molecule has 0 unspecified atom stereocenters. The summed E-state index contributed by atoms with van der Waals surface area (Å²) in [4.78, 5) is 3.61. The number of sulfonamides is 1. The van der Waals surface area contributed by atoms with Gasteiger partial charge in [-0.3, -0.25) is 0 Å². The maximum atomic E-state index is 13.3. The van der Waals surface area contributed by atoms with Gasteiger partial charge in [0, 0.05) is 41.1 Å². The molecule has 0 spiro atoms. The van der Waals surface area contributed by atoms with Gasteiger partial charge in [0.25, 0.3) is 0 Å². The number of nitrogens with zero attached hydrogens (tertiary/aromatic N) is 1. The van der Waals surface area contributed by atoms with Gasteiger partial charge in [-0.25, -0.2) is 8.42 Å². The monoisotopic (exact) mass is 472 g/mol. The van der Waals surface area contributed by atoms with Crippen LogP contribution in [0.5, 0.6) is 11.5 Å². The van der Waals surface area contributed by atoms with E-state index in [1.807, 2.05) is 30.3 Å². The van der Waals surface area contributed by atoms with Crippen molar-refractivity contribution >= 4 is 44.1 Å². The highest BCUT2D eigenvalue weighted by atomic mass is 35.5. The summed E-state index contributed by atoms with van der Waals surface area (Å²) in [6.45, 7) is 0.712. The standard InChI is InChI=1S/C23H18Cl2N2O3S/c24-15-5-10-21-18(13-15)19-14-27(12-11-22(19)26-21)31(28,29)17-8-6-16(7-9-17)30-23-4-2-1-3-20(23)25/h1-10,13,26H,11-12,14H2. The van der Waals surface area contributed by atoms with Gasteiger partial charge >= 0.3 is 0 Å². The molecule has 1 aromatic heterocycles. The number of para-hydroxylation sites is 1. The van der Waals surface area contributed by atoms with Crippen molar-refractivity contribution in [2.75, 3.05) is 6.54 Å². The van der Waals surface area contributed by atoms with E-state index >= 15 is 0 Å². The number of hydrogen-bond acceptors (Lipinski definition) is 3. The van der Waals surface area contributed by atoms with E-state index in [-0.39, 0.29) is 4.90 Å². The summed E-state index contributed by atoms with van der Waals surface area (Å²) in [6.07, 6.45) is 0.620. The van der Waals surface area contributed by atoms with Crippen LogP contribution in [0.15, 0.2) is 71.6 Å². The van der Waals surface area contributed by atoms with Gasteiger partial charge in [-0.1, -0.05) is 35.3 Å². The first-order chi connectivity index (χ1) is 14.9. The molecular weight excluding hydrogens is 455 g/mol. The Morgan fingerprint density at radius 3 is 2.52 bits per heavy atom. The van der Waals surface area contributed by atoms with Crippen LogP contribution in [0.2, 0.25) is 10.0 Å². The van der Waals surface area contributed by atoms with Crippen molar-refractivity contribution in [2.24, 2.45) is 0 Å². The fourth-order valence-electron chi connectivity index (χ4n) is 3.85. The molecule has 2 heterocycles. The van der Waals surface area contributed by atoms with Crippen molar-refractivity contribution in [2.45, 2.75) is 17.9 Å². The summed E-state index contributed by atoms with van der Waals surface area (Å²) in [5.41, 5.74) is 3.01. The van der Waals surface area contributed by atoms with E-state index in [4.69, 9.17) is 27.9 Å². The molecule has 1 aliphatic heterocycles. The van der Waals surface area contributed by atoms with Crippen LogP contribution in [0, 0.1) is 0 Å². The molecule has 3 aromatic carbocycles. The third kappa shape index (κ3) is 3.81. The van der Waals surface area contributed by atoms with Gasteiger partial charge in [0.2, 0.25) is 10.0 Å². The minimum atomic E-state index is -3.65. The molecule has 4 aromatic rings. The lowest BCUT2D eigenvalue weighted by Crippen LogP contribution is -2.35. The minimum absolute atomic E-state index is 0.223. The largest absolute Gasteiger partial charge is 0.456 e. The summed E-state index contributed by atoms with van der Waals surface area (Å²) in [5.74, 6) is 1.03. The number of aromatic amines is 1. The summed E-state index contributed by atoms with van der Waals surface area (Å²) in [5, 5.41) is 2.08. The highest BCUT2D eigenvalue weighted by Crippen LogP contribution is 2.33. The number of benzene rings is 3. The summed E-state index contributed by atoms with van der Waals surface area (Å²) < 4.78 is 33.8. The predicted molar refractivity (Wildman–Crippen MR) is 123 cm³/mol. The average Bonchev–Trinajstić information content (AvgIpc) is 3.13. The van der Waals surface area contributed by atoms with Crippen LogP contribution in [-0.2, 0) is 23.0 Å². The number of hydrogen-bond donors (Lipinski definition) is 1. The number of H-pyrrole nitrogens is 1. The van der Waals surface area contributed by atoms with Crippen LogP contribution in [0.4, 0.5) is 0 Å². The van der Waals surface area contributed by atoms with Crippen molar-refractivity contribution in [1.29, 1.82) is 0 Å². The van der Waals surface area contributed by atoms with Gasteiger partial charge in [-0.05, 0) is 60.2 Å². The minimum Gasteiger partial charge on any atom is -0.456 e. The van der Waals surface area contributed by atoms with Crippen LogP contribution in [0.25, 0.3) is 10.9 Å². The van der Waals surface area contributed by atoms with Crippen LogP contribution < -0.4 is 4.74 Å². The Morgan fingerprint density at radius 2 is 1.74 bits per heavy atom. The first-order valence-corrected chi connectivity index (χ1v) is 11.9. The fraction of sp³-hybridized carbons (Fsp3) is 0.130. The lowest BCUT2D eigenvalue weighted by atomic mass is 10.1. The number of aromatic nitrogens is 1. The van der Waals surface area contributed by atoms with Crippen molar-refractivity contribution in [3.05, 3.63) is 88.0 Å². The number of nitrogens with one attached hydrogen (secondary N) is 1. The van der Waals surface area contributed by atoms with Crippen molar-refractivity contribution in [3.8, 4) is 11.5 Å². The lowest BCUT2D eigenvalue weighted by Gasteiger charge is -2.26. The molecule has 0 bridgehead atoms. The Labute approximate surface area is 190 Å². The second kappa shape index (κ2) is 7.88. The zero-order valence-electron chi connectivity index (χ0n) is 16.3. The Kier molecular flexibility index (Phi) is 5.18. The van der Waals surface area contributed by atoms with E-state index < -0.39 is 10.0 Å². The molecule has 31 heavy (non-hydrogen) atoms. The predicted octanol–water partition coefficient (Wildman–Crippen LogP) is 6.01. The van der Waals surface area contributed by atoms with Gasteiger partial charge in [0.1, 0.15) is 11.5 Å². The van der Waals surface area contributed by atoms with Crippen molar-refractivity contribution in [1.82, 2.24) is 9.29 Å². The maximum absolute atomic E-state index is 13.3. The molecule has 0 saturated carbocycles. The number of ether oxygens (including phenoxy) is 1. The first-order valence-electron chi connectivity index (χ1n) is 9.73. The average molecular weight is 473 g/mol. The van der Waals surface area contributed by atoms with E-state index in [0.29, 0.717) is 41.1 Å². The molecule has 0 atom stereocenters. The smallest absolute Gasteiger partial charge is 0.243 e. The highest BCUT2D eigenvalue weighted by molar-refractivity contribution is 7.89. The maximum Gasteiger partial charge on any atom is 0.243 e. The van der Waals surface area contributed by atoms with Gasteiger partial charge in [-0.15, -0.1) is 0 Å². The van der Waals surface area contributed by atoms with Crippen molar-refractivity contribution in [3.63, 3.8) is 0 Å². The molecule has 8 heteroatoms. The Balaban J connectivity index is 1.40. The Hall–Kier alpha value is -2.51. The third-order valence-electron chi connectivity index (χ3n) is 5.43. The normalized spacial score (nSPS) is 14.5. The fourth-order valence-corrected chi connectivity index (χ4v) is 5.61. The lowest BCUT2D eigenvalue weighted by molar-refractivity contribution is 0.391. The van der Waals surface area contributed by atoms with E-state index in [0.717, 1.165) is 22.2 Å². The van der Waals surface area contributed by atoms with E-state index in [1.54, 1.807) is 36.4 Å². The zero-order chi connectivity index (χ0) is 21.6. The molecule has 0 fully saturated rings. The topological polar surface area (TPSA) is 62.4 Å². The van der Waals surface area contributed by atoms with Crippen LogP contribution >= 0.6 is 23.2 Å². The molecule has 0 saturated heterocycles. The van der Waals surface area contributed by atoms with Crippen LogP contribution in [0.1, 0.15) is 11.3 Å².